The third-order valence-corrected chi connectivity index (χ3v) is 5.07. The maximum atomic E-state index is 11.9. The van der Waals surface area contributed by atoms with E-state index >= 15 is 0 Å². The highest BCUT2D eigenvalue weighted by molar-refractivity contribution is 7.99. The third-order valence-electron chi connectivity index (χ3n) is 3.91. The molecule has 1 aliphatic carbocycles. The maximum absolute atomic E-state index is 11.9. The summed E-state index contributed by atoms with van der Waals surface area (Å²) in [7, 11) is 0. The molecule has 0 atom stereocenters. The minimum atomic E-state index is -1.02. The molecule has 1 fully saturated rings. The predicted molar refractivity (Wildman–Crippen MR) is 78.4 cm³/mol. The summed E-state index contributed by atoms with van der Waals surface area (Å²) in [5.74, 6) is 0.886. The molecule has 1 aliphatic rings. The standard InChI is InChI=1S/C14H25NO3S/c1-3-9-19-10-12(16)15-14(13(17)18)7-5-11(4-2)6-8-14/h11H,3-10H2,1-2H3,(H,15,16)(H,17,18). The van der Waals surface area contributed by atoms with E-state index in [0.717, 1.165) is 31.4 Å². The number of nitrogens with one attached hydrogen (secondary N) is 1. The Morgan fingerprint density at radius 3 is 2.42 bits per heavy atom. The van der Waals surface area contributed by atoms with Gasteiger partial charge in [0.1, 0.15) is 5.54 Å². The molecular weight excluding hydrogens is 262 g/mol. The van der Waals surface area contributed by atoms with E-state index in [0.29, 0.717) is 24.5 Å². The number of hydrogen-bond acceptors (Lipinski definition) is 3. The SMILES string of the molecule is CCCSCC(=O)NC1(C(=O)O)CCC(CC)CC1. The normalized spacial score (nSPS) is 26.9. The Labute approximate surface area is 119 Å². The van der Waals surface area contributed by atoms with Crippen molar-refractivity contribution in [3.05, 3.63) is 0 Å². The van der Waals surface area contributed by atoms with E-state index < -0.39 is 11.5 Å². The summed E-state index contributed by atoms with van der Waals surface area (Å²) in [4.78, 5) is 23.4. The van der Waals surface area contributed by atoms with Crippen LogP contribution in [0, 0.1) is 5.92 Å². The molecule has 2 N–H and O–H groups in total. The molecule has 0 spiro atoms. The predicted octanol–water partition coefficient (Wildman–Crippen LogP) is 2.67. The minimum Gasteiger partial charge on any atom is -0.480 e. The lowest BCUT2D eigenvalue weighted by Gasteiger charge is -2.37. The molecule has 0 saturated heterocycles. The van der Waals surface area contributed by atoms with Crippen molar-refractivity contribution in [2.24, 2.45) is 5.92 Å². The summed E-state index contributed by atoms with van der Waals surface area (Å²) >= 11 is 1.56. The maximum Gasteiger partial charge on any atom is 0.329 e. The van der Waals surface area contributed by atoms with E-state index in [-0.39, 0.29) is 5.91 Å². The first-order valence-corrected chi connectivity index (χ1v) is 8.31. The molecule has 0 bridgehead atoms. The Bertz CT molecular complexity index is 312. The fourth-order valence-electron chi connectivity index (χ4n) is 2.58. The van der Waals surface area contributed by atoms with Gasteiger partial charge in [-0.1, -0.05) is 20.3 Å². The first-order chi connectivity index (χ1) is 9.04. The number of carbonyl (C=O) groups is 2. The lowest BCUT2D eigenvalue weighted by atomic mass is 9.75. The molecule has 110 valence electrons. The number of carbonyl (C=O) groups excluding carboxylic acids is 1. The van der Waals surface area contributed by atoms with Gasteiger partial charge in [-0.3, -0.25) is 4.79 Å². The van der Waals surface area contributed by atoms with Gasteiger partial charge in [-0.15, -0.1) is 0 Å². The lowest BCUT2D eigenvalue weighted by Crippen LogP contribution is -2.56. The molecule has 19 heavy (non-hydrogen) atoms. The van der Waals surface area contributed by atoms with Gasteiger partial charge in [0.2, 0.25) is 5.91 Å². The molecule has 0 heterocycles. The summed E-state index contributed by atoms with van der Waals surface area (Å²) in [5, 5.41) is 12.2. The van der Waals surface area contributed by atoms with Gasteiger partial charge in [-0.2, -0.15) is 11.8 Å². The van der Waals surface area contributed by atoms with Crippen LogP contribution in [0.2, 0.25) is 0 Å². The Morgan fingerprint density at radius 1 is 1.32 bits per heavy atom. The Balaban J connectivity index is 2.53. The molecule has 0 aliphatic heterocycles. The molecular formula is C14H25NO3S. The number of thioether (sulfide) groups is 1. The van der Waals surface area contributed by atoms with Crippen LogP contribution in [0.3, 0.4) is 0 Å². The van der Waals surface area contributed by atoms with Gasteiger partial charge in [0.05, 0.1) is 5.75 Å². The fourth-order valence-corrected chi connectivity index (χ4v) is 3.27. The van der Waals surface area contributed by atoms with E-state index in [9.17, 15) is 14.7 Å². The van der Waals surface area contributed by atoms with Crippen molar-refractivity contribution in [2.45, 2.75) is 57.9 Å². The third kappa shape index (κ3) is 4.71. The Hall–Kier alpha value is -0.710. The molecule has 1 saturated carbocycles. The number of aliphatic carboxylic acids is 1. The quantitative estimate of drug-likeness (QED) is 0.707. The minimum absolute atomic E-state index is 0.143. The first kappa shape index (κ1) is 16.3. The highest BCUT2D eigenvalue weighted by atomic mass is 32.2. The second kappa shape index (κ2) is 7.78. The molecule has 0 aromatic rings. The van der Waals surface area contributed by atoms with E-state index in [1.807, 2.05) is 0 Å². The number of carboxylic acids is 1. The number of hydrogen-bond donors (Lipinski definition) is 2. The van der Waals surface area contributed by atoms with Gasteiger partial charge in [0.25, 0.3) is 0 Å². The Morgan fingerprint density at radius 2 is 1.95 bits per heavy atom. The van der Waals surface area contributed by atoms with Gasteiger partial charge in [-0.05, 0) is 43.8 Å². The van der Waals surface area contributed by atoms with Crippen molar-refractivity contribution < 1.29 is 14.7 Å². The zero-order valence-corrected chi connectivity index (χ0v) is 12.7. The lowest BCUT2D eigenvalue weighted by molar-refractivity contribution is -0.149. The Kier molecular flexibility index (Phi) is 6.69. The molecule has 0 aromatic carbocycles. The summed E-state index contributed by atoms with van der Waals surface area (Å²) in [6, 6.07) is 0. The van der Waals surface area contributed by atoms with E-state index in [2.05, 4.69) is 19.2 Å². The van der Waals surface area contributed by atoms with Gasteiger partial charge in [0, 0.05) is 0 Å². The van der Waals surface area contributed by atoms with Crippen LogP contribution in [0.5, 0.6) is 0 Å². The van der Waals surface area contributed by atoms with Gasteiger partial charge in [-0.25, -0.2) is 4.79 Å². The molecule has 1 rings (SSSR count). The van der Waals surface area contributed by atoms with E-state index in [4.69, 9.17) is 0 Å². The second-order valence-electron chi connectivity index (χ2n) is 5.34. The monoisotopic (exact) mass is 287 g/mol. The van der Waals surface area contributed by atoms with Crippen molar-refractivity contribution in [3.63, 3.8) is 0 Å². The van der Waals surface area contributed by atoms with Crippen molar-refractivity contribution in [2.75, 3.05) is 11.5 Å². The largest absolute Gasteiger partial charge is 0.480 e. The summed E-state index contributed by atoms with van der Waals surface area (Å²) in [6.07, 6.45) is 5.03. The molecule has 4 nitrogen and oxygen atoms in total. The molecule has 0 radical (unpaired) electrons. The van der Waals surface area contributed by atoms with Crippen LogP contribution in [-0.2, 0) is 9.59 Å². The summed E-state index contributed by atoms with van der Waals surface area (Å²) < 4.78 is 0. The van der Waals surface area contributed by atoms with Gasteiger partial charge in [0.15, 0.2) is 0 Å². The topological polar surface area (TPSA) is 66.4 Å². The van der Waals surface area contributed by atoms with Crippen LogP contribution in [0.25, 0.3) is 0 Å². The molecule has 5 heteroatoms. The zero-order chi connectivity index (χ0) is 14.3. The van der Waals surface area contributed by atoms with Crippen LogP contribution in [0.1, 0.15) is 52.4 Å². The average molecular weight is 287 g/mol. The highest BCUT2D eigenvalue weighted by Gasteiger charge is 2.42. The van der Waals surface area contributed by atoms with Crippen LogP contribution >= 0.6 is 11.8 Å². The average Bonchev–Trinajstić information content (AvgIpc) is 2.39. The number of rotatable bonds is 7. The van der Waals surface area contributed by atoms with Crippen LogP contribution in [0.4, 0.5) is 0 Å². The van der Waals surface area contributed by atoms with Crippen molar-refractivity contribution >= 4 is 23.6 Å². The first-order valence-electron chi connectivity index (χ1n) is 7.16. The zero-order valence-electron chi connectivity index (χ0n) is 11.9. The number of carboxylic acid groups (broad SMARTS) is 1. The van der Waals surface area contributed by atoms with Crippen molar-refractivity contribution in [1.29, 1.82) is 0 Å². The van der Waals surface area contributed by atoms with Crippen molar-refractivity contribution in [1.82, 2.24) is 5.32 Å². The van der Waals surface area contributed by atoms with Gasteiger partial charge < -0.3 is 10.4 Å². The van der Waals surface area contributed by atoms with Crippen molar-refractivity contribution in [3.8, 4) is 0 Å². The van der Waals surface area contributed by atoms with Gasteiger partial charge >= 0.3 is 5.97 Å². The smallest absolute Gasteiger partial charge is 0.329 e. The van der Waals surface area contributed by atoms with E-state index in [1.165, 1.54) is 0 Å². The van der Waals surface area contributed by atoms with E-state index in [1.54, 1.807) is 11.8 Å². The van der Waals surface area contributed by atoms with Crippen LogP contribution in [-0.4, -0.2) is 34.0 Å². The molecule has 0 unspecified atom stereocenters. The highest BCUT2D eigenvalue weighted by Crippen LogP contribution is 2.34. The summed E-state index contributed by atoms with van der Waals surface area (Å²) in [6.45, 7) is 4.20. The van der Waals surface area contributed by atoms with Crippen LogP contribution < -0.4 is 5.32 Å². The second-order valence-corrected chi connectivity index (χ2v) is 6.44. The fraction of sp³-hybridized carbons (Fsp3) is 0.857. The number of amides is 1. The molecule has 0 aromatic heterocycles. The van der Waals surface area contributed by atoms with Crippen LogP contribution in [0.15, 0.2) is 0 Å². The molecule has 1 amide bonds. The summed E-state index contributed by atoms with van der Waals surface area (Å²) in [5.41, 5.74) is -1.02.